The molecule has 0 N–H and O–H groups in total. The Hall–Kier alpha value is -2.24. The summed E-state index contributed by atoms with van der Waals surface area (Å²) in [7, 11) is 4.06. The largest absolute Gasteiger partial charge is 0.308 e. The number of aromatic nitrogens is 1. The molecule has 0 saturated carbocycles. The van der Waals surface area contributed by atoms with Gasteiger partial charge in [-0.25, -0.2) is 4.98 Å². The van der Waals surface area contributed by atoms with Crippen LogP contribution in [0.5, 0.6) is 0 Å². The van der Waals surface area contributed by atoms with Crippen LogP contribution in [0.4, 0.5) is 5.13 Å². The minimum atomic E-state index is 0.0472. The Morgan fingerprint density at radius 2 is 1.82 bits per heavy atom. The fourth-order valence-electron chi connectivity index (χ4n) is 3.74. The molecule has 1 aliphatic rings. The Kier molecular flexibility index (Phi) is 5.47. The molecule has 146 valence electrons. The molecule has 28 heavy (non-hydrogen) atoms. The number of benzene rings is 2. The average Bonchev–Trinajstić information content (AvgIpc) is 3.10. The maximum Gasteiger partial charge on any atom is 0.260 e. The smallest absolute Gasteiger partial charge is 0.260 e. The van der Waals surface area contributed by atoms with Gasteiger partial charge in [0.1, 0.15) is 0 Å². The first-order valence-electron chi connectivity index (χ1n) is 9.97. The van der Waals surface area contributed by atoms with E-state index >= 15 is 0 Å². The lowest BCUT2D eigenvalue weighted by Crippen LogP contribution is -2.36. The maximum atomic E-state index is 13.5. The molecule has 4 rings (SSSR count). The Labute approximate surface area is 170 Å². The summed E-state index contributed by atoms with van der Waals surface area (Å²) < 4.78 is 1.13. The summed E-state index contributed by atoms with van der Waals surface area (Å²) in [5, 5.41) is 0.783. The second-order valence-corrected chi connectivity index (χ2v) is 8.93. The van der Waals surface area contributed by atoms with Crippen molar-refractivity contribution in [3.63, 3.8) is 0 Å². The predicted molar refractivity (Wildman–Crippen MR) is 118 cm³/mol. The van der Waals surface area contributed by atoms with Crippen LogP contribution in [0.2, 0.25) is 0 Å². The summed E-state index contributed by atoms with van der Waals surface area (Å²) in [6, 6.07) is 12.5. The van der Waals surface area contributed by atoms with Crippen molar-refractivity contribution in [2.75, 3.05) is 32.1 Å². The molecule has 2 aromatic carbocycles. The number of nitrogens with zero attached hydrogens (tertiary/aromatic N) is 3. The summed E-state index contributed by atoms with van der Waals surface area (Å²) in [4.78, 5) is 22.2. The third-order valence-electron chi connectivity index (χ3n) is 5.37. The van der Waals surface area contributed by atoms with Crippen LogP contribution in [0.1, 0.15) is 39.9 Å². The minimum absolute atomic E-state index is 0.0472. The number of carbonyl (C=O) groups excluding carboxylic acids is 1. The zero-order valence-electron chi connectivity index (χ0n) is 16.9. The molecule has 0 saturated heterocycles. The highest BCUT2D eigenvalue weighted by molar-refractivity contribution is 7.22. The molecule has 0 fully saturated rings. The van der Waals surface area contributed by atoms with Gasteiger partial charge in [-0.2, -0.15) is 0 Å². The molecule has 0 bridgehead atoms. The van der Waals surface area contributed by atoms with Crippen LogP contribution < -0.4 is 4.90 Å². The van der Waals surface area contributed by atoms with Crippen LogP contribution in [0.15, 0.2) is 36.4 Å². The molecule has 0 aliphatic heterocycles. The van der Waals surface area contributed by atoms with Crippen LogP contribution in [-0.4, -0.2) is 43.0 Å². The maximum absolute atomic E-state index is 13.5. The van der Waals surface area contributed by atoms with Gasteiger partial charge in [0, 0.05) is 18.7 Å². The molecule has 4 nitrogen and oxygen atoms in total. The van der Waals surface area contributed by atoms with E-state index in [9.17, 15) is 4.79 Å². The fourth-order valence-corrected chi connectivity index (χ4v) is 4.83. The molecule has 5 heteroatoms. The van der Waals surface area contributed by atoms with Gasteiger partial charge < -0.3 is 4.90 Å². The summed E-state index contributed by atoms with van der Waals surface area (Å²) in [6.07, 6.45) is 4.67. The van der Waals surface area contributed by atoms with Gasteiger partial charge in [0.15, 0.2) is 5.13 Å². The normalized spacial score (nSPS) is 13.7. The Bertz CT molecular complexity index is 1010. The number of rotatable bonds is 5. The van der Waals surface area contributed by atoms with Gasteiger partial charge in [-0.15, -0.1) is 0 Å². The predicted octanol–water partition coefficient (Wildman–Crippen LogP) is 4.69. The third-order valence-corrected chi connectivity index (χ3v) is 6.42. The van der Waals surface area contributed by atoms with Gasteiger partial charge in [-0.05, 0) is 87.7 Å². The summed E-state index contributed by atoms with van der Waals surface area (Å²) in [6.45, 7) is 3.51. The number of fused-ring (bicyclic) bond motifs is 2. The van der Waals surface area contributed by atoms with E-state index in [1.54, 1.807) is 11.3 Å². The summed E-state index contributed by atoms with van der Waals surface area (Å²) in [5.74, 6) is 0.0472. The third kappa shape index (κ3) is 3.96. The molecule has 1 aromatic heterocycles. The van der Waals surface area contributed by atoms with Crippen molar-refractivity contribution < 1.29 is 4.79 Å². The van der Waals surface area contributed by atoms with Crippen molar-refractivity contribution in [2.45, 2.75) is 32.6 Å². The van der Waals surface area contributed by atoms with Crippen LogP contribution in [0.3, 0.4) is 0 Å². The van der Waals surface area contributed by atoms with Crippen LogP contribution in [0.25, 0.3) is 10.2 Å². The van der Waals surface area contributed by atoms with Gasteiger partial charge in [-0.1, -0.05) is 23.5 Å². The van der Waals surface area contributed by atoms with Crippen LogP contribution in [-0.2, 0) is 12.8 Å². The summed E-state index contributed by atoms with van der Waals surface area (Å²) in [5.41, 5.74) is 5.68. The lowest BCUT2D eigenvalue weighted by Gasteiger charge is -2.23. The molecule has 1 aliphatic carbocycles. The summed E-state index contributed by atoms with van der Waals surface area (Å²) >= 11 is 1.60. The molecule has 0 unspecified atom stereocenters. The number of likely N-dealkylation sites (N-methyl/N-ethyl adjacent to an activating group) is 1. The van der Waals surface area contributed by atoms with Crippen LogP contribution in [0, 0.1) is 6.92 Å². The minimum Gasteiger partial charge on any atom is -0.308 e. The monoisotopic (exact) mass is 393 g/mol. The van der Waals surface area contributed by atoms with Gasteiger partial charge in [0.25, 0.3) is 5.91 Å². The van der Waals surface area contributed by atoms with Crippen molar-refractivity contribution in [3.05, 3.63) is 58.7 Å². The van der Waals surface area contributed by atoms with Crippen molar-refractivity contribution >= 4 is 32.6 Å². The second kappa shape index (κ2) is 8.02. The highest BCUT2D eigenvalue weighted by Gasteiger charge is 2.22. The van der Waals surface area contributed by atoms with E-state index in [2.05, 4.69) is 36.1 Å². The Balaban J connectivity index is 1.69. The van der Waals surface area contributed by atoms with E-state index in [0.717, 1.165) is 40.3 Å². The molecule has 1 amide bonds. The van der Waals surface area contributed by atoms with E-state index in [1.165, 1.54) is 29.5 Å². The van der Waals surface area contributed by atoms with E-state index in [0.29, 0.717) is 6.54 Å². The first-order chi connectivity index (χ1) is 13.5. The Morgan fingerprint density at radius 1 is 1.04 bits per heavy atom. The van der Waals surface area contributed by atoms with E-state index in [-0.39, 0.29) is 5.91 Å². The van der Waals surface area contributed by atoms with Crippen molar-refractivity contribution in [1.82, 2.24) is 9.88 Å². The quantitative estimate of drug-likeness (QED) is 0.631. The molecule has 0 atom stereocenters. The highest BCUT2D eigenvalue weighted by Crippen LogP contribution is 2.31. The van der Waals surface area contributed by atoms with E-state index in [1.807, 2.05) is 31.1 Å². The molecule has 0 radical (unpaired) electrons. The van der Waals surface area contributed by atoms with Crippen LogP contribution >= 0.6 is 11.3 Å². The average molecular weight is 394 g/mol. The first-order valence-corrected chi connectivity index (χ1v) is 10.8. The van der Waals surface area contributed by atoms with Crippen molar-refractivity contribution in [2.24, 2.45) is 0 Å². The number of aryl methyl sites for hydroxylation is 3. The molecule has 3 aromatic rings. The number of hydrogen-bond acceptors (Lipinski definition) is 4. The SMILES string of the molecule is Cc1ccc2nc(N(CCN(C)C)C(=O)c3ccc4c(c3)CCCC4)sc2c1. The highest BCUT2D eigenvalue weighted by atomic mass is 32.1. The standard InChI is InChI=1S/C23H27N3OS/c1-16-8-11-20-21(14-16)28-23(24-20)26(13-12-25(2)3)22(27)19-10-9-17-6-4-5-7-18(17)15-19/h8-11,14-15H,4-7,12-13H2,1-3H3. The van der Waals surface area contributed by atoms with Crippen molar-refractivity contribution in [1.29, 1.82) is 0 Å². The number of hydrogen-bond donors (Lipinski definition) is 0. The molecule has 1 heterocycles. The lowest BCUT2D eigenvalue weighted by atomic mass is 9.90. The zero-order valence-corrected chi connectivity index (χ0v) is 17.7. The van der Waals surface area contributed by atoms with Gasteiger partial charge >= 0.3 is 0 Å². The van der Waals surface area contributed by atoms with Crippen molar-refractivity contribution in [3.8, 4) is 0 Å². The number of anilines is 1. The molecular weight excluding hydrogens is 366 g/mol. The number of carbonyl (C=O) groups is 1. The van der Waals surface area contributed by atoms with E-state index < -0.39 is 0 Å². The molecular formula is C23H27N3OS. The van der Waals surface area contributed by atoms with Gasteiger partial charge in [-0.3, -0.25) is 9.69 Å². The van der Waals surface area contributed by atoms with E-state index in [4.69, 9.17) is 4.98 Å². The second-order valence-electron chi connectivity index (χ2n) is 7.92. The number of thiazole rings is 1. The topological polar surface area (TPSA) is 36.4 Å². The van der Waals surface area contributed by atoms with Gasteiger partial charge in [0.2, 0.25) is 0 Å². The number of amides is 1. The first kappa shape index (κ1) is 19.1. The molecule has 0 spiro atoms. The fraction of sp³-hybridized carbons (Fsp3) is 0.391. The zero-order chi connectivity index (χ0) is 19.7. The Morgan fingerprint density at radius 3 is 2.61 bits per heavy atom. The van der Waals surface area contributed by atoms with Gasteiger partial charge in [0.05, 0.1) is 10.2 Å². The lowest BCUT2D eigenvalue weighted by molar-refractivity contribution is 0.0985.